The maximum atomic E-state index is 13.2. The van der Waals surface area contributed by atoms with Gasteiger partial charge in [0.25, 0.3) is 0 Å². The van der Waals surface area contributed by atoms with Crippen molar-refractivity contribution in [3.63, 3.8) is 0 Å². The van der Waals surface area contributed by atoms with Crippen LogP contribution in [0.15, 0.2) is 41.5 Å². The van der Waals surface area contributed by atoms with Crippen molar-refractivity contribution in [2.45, 2.75) is 44.8 Å². The summed E-state index contributed by atoms with van der Waals surface area (Å²) >= 11 is 0. The molecule has 4 aromatic heterocycles. The molecule has 0 bridgehead atoms. The Balaban J connectivity index is 1.63. The summed E-state index contributed by atoms with van der Waals surface area (Å²) in [6, 6.07) is 7.53. The van der Waals surface area contributed by atoms with Crippen LogP contribution in [0, 0.1) is 0 Å². The molecule has 0 amide bonds. The molecule has 150 valence electrons. The number of imidazole rings is 1. The number of aromatic hydroxyl groups is 1. The molecular formula is C21H23N5O3. The monoisotopic (exact) mass is 393 g/mol. The molecule has 8 heteroatoms. The molecule has 0 saturated heterocycles. The van der Waals surface area contributed by atoms with Crippen molar-refractivity contribution in [2.75, 3.05) is 6.61 Å². The maximum absolute atomic E-state index is 13.2. The van der Waals surface area contributed by atoms with Crippen LogP contribution in [0.25, 0.3) is 22.1 Å². The summed E-state index contributed by atoms with van der Waals surface area (Å²) in [6.45, 7) is 1.25. The summed E-state index contributed by atoms with van der Waals surface area (Å²) in [4.78, 5) is 21.7. The van der Waals surface area contributed by atoms with Crippen molar-refractivity contribution < 1.29 is 10.2 Å². The van der Waals surface area contributed by atoms with Crippen molar-refractivity contribution in [1.29, 1.82) is 0 Å². The summed E-state index contributed by atoms with van der Waals surface area (Å²) in [6.07, 6.45) is 7.06. The predicted molar refractivity (Wildman–Crippen MR) is 109 cm³/mol. The van der Waals surface area contributed by atoms with Gasteiger partial charge >= 0.3 is 5.69 Å². The number of hydrogen-bond acceptors (Lipinski definition) is 5. The molecule has 1 saturated carbocycles. The van der Waals surface area contributed by atoms with Crippen LogP contribution in [0.3, 0.4) is 0 Å². The molecule has 2 N–H and O–H groups in total. The van der Waals surface area contributed by atoms with Crippen LogP contribution in [-0.2, 0) is 13.1 Å². The number of rotatable bonds is 7. The van der Waals surface area contributed by atoms with Crippen molar-refractivity contribution in [2.24, 2.45) is 0 Å². The van der Waals surface area contributed by atoms with E-state index in [0.717, 1.165) is 41.5 Å². The Bertz CT molecular complexity index is 1250. The van der Waals surface area contributed by atoms with Crippen LogP contribution in [0.4, 0.5) is 0 Å². The molecule has 0 spiro atoms. The maximum Gasteiger partial charge on any atom is 0.329 e. The number of pyridine rings is 2. The standard InChI is InChI=1S/C21H23N5O3/c27-10-2-1-9-24-15(11-16-17(24)5-6-20(28)23-16)13-25-19-12-22-8-7-18(19)26(21(25)29)14-3-4-14/h5-8,11-12,14,27H,1-4,9-10,13H2,(H,23,28). The smallest absolute Gasteiger partial charge is 0.329 e. The number of aromatic nitrogens is 5. The van der Waals surface area contributed by atoms with E-state index in [4.69, 9.17) is 5.11 Å². The quantitative estimate of drug-likeness (QED) is 0.470. The zero-order valence-corrected chi connectivity index (χ0v) is 16.0. The molecule has 1 aliphatic carbocycles. The van der Waals surface area contributed by atoms with Gasteiger partial charge in [0.05, 0.1) is 34.8 Å². The number of hydrogen-bond donors (Lipinski definition) is 2. The number of unbranched alkanes of at least 4 members (excludes halogenated alkanes) is 1. The third-order valence-corrected chi connectivity index (χ3v) is 5.62. The first-order valence-electron chi connectivity index (χ1n) is 10.0. The second-order valence-electron chi connectivity index (χ2n) is 7.63. The number of aryl methyl sites for hydroxylation is 1. The molecule has 29 heavy (non-hydrogen) atoms. The van der Waals surface area contributed by atoms with Gasteiger partial charge in [-0.2, -0.15) is 0 Å². The fraction of sp³-hybridized carbons (Fsp3) is 0.381. The molecule has 1 fully saturated rings. The summed E-state index contributed by atoms with van der Waals surface area (Å²) < 4.78 is 5.79. The molecule has 5 rings (SSSR count). The van der Waals surface area contributed by atoms with Crippen molar-refractivity contribution in [3.05, 3.63) is 52.8 Å². The van der Waals surface area contributed by atoms with Crippen LogP contribution in [-0.4, -0.2) is 40.5 Å². The molecule has 0 aliphatic heterocycles. The first kappa shape index (κ1) is 17.9. The average molecular weight is 393 g/mol. The molecule has 8 nitrogen and oxygen atoms in total. The molecule has 0 radical (unpaired) electrons. The van der Waals surface area contributed by atoms with E-state index < -0.39 is 0 Å². The molecule has 4 heterocycles. The van der Waals surface area contributed by atoms with E-state index in [1.54, 1.807) is 23.0 Å². The summed E-state index contributed by atoms with van der Waals surface area (Å²) in [5.41, 5.74) is 4.28. The van der Waals surface area contributed by atoms with E-state index in [1.165, 1.54) is 0 Å². The first-order chi connectivity index (χ1) is 14.2. The van der Waals surface area contributed by atoms with E-state index in [2.05, 4.69) is 14.5 Å². The van der Waals surface area contributed by atoms with Crippen LogP contribution in [0.1, 0.15) is 37.4 Å². The van der Waals surface area contributed by atoms with Crippen molar-refractivity contribution in [1.82, 2.24) is 23.7 Å². The second kappa shape index (κ2) is 7.04. The van der Waals surface area contributed by atoms with E-state index in [0.29, 0.717) is 25.0 Å². The number of fused-ring (bicyclic) bond motifs is 2. The number of aliphatic hydroxyl groups is 1. The second-order valence-corrected chi connectivity index (χ2v) is 7.63. The molecule has 4 aromatic rings. The van der Waals surface area contributed by atoms with Crippen LogP contribution >= 0.6 is 0 Å². The molecule has 0 atom stereocenters. The van der Waals surface area contributed by atoms with Gasteiger partial charge < -0.3 is 14.8 Å². The fourth-order valence-electron chi connectivity index (χ4n) is 4.09. The van der Waals surface area contributed by atoms with Gasteiger partial charge in [-0.15, -0.1) is 0 Å². The van der Waals surface area contributed by atoms with E-state index in [-0.39, 0.29) is 24.2 Å². The number of aliphatic hydroxyl groups excluding tert-OH is 1. The molecule has 0 unspecified atom stereocenters. The van der Waals surface area contributed by atoms with Gasteiger partial charge in [-0.3, -0.25) is 14.1 Å². The third-order valence-electron chi connectivity index (χ3n) is 5.62. The Morgan fingerprint density at radius 3 is 2.72 bits per heavy atom. The van der Waals surface area contributed by atoms with Gasteiger partial charge in [-0.05, 0) is 43.9 Å². The lowest BCUT2D eigenvalue weighted by atomic mass is 10.3. The third kappa shape index (κ3) is 3.09. The van der Waals surface area contributed by atoms with Gasteiger partial charge in [0, 0.05) is 37.2 Å². The SMILES string of the molecule is O=c1n(Cc2cc3nc(O)ccc3n2CCCCO)c2cnccc2n1C1CC1. The van der Waals surface area contributed by atoms with Crippen LogP contribution in [0.5, 0.6) is 5.88 Å². The fourth-order valence-corrected chi connectivity index (χ4v) is 4.09. The highest BCUT2D eigenvalue weighted by molar-refractivity contribution is 5.78. The van der Waals surface area contributed by atoms with Gasteiger partial charge in [0.1, 0.15) is 0 Å². The Hall–Kier alpha value is -3.13. The molecular weight excluding hydrogens is 370 g/mol. The normalized spacial score (nSPS) is 14.2. The van der Waals surface area contributed by atoms with Crippen molar-refractivity contribution in [3.8, 4) is 5.88 Å². The van der Waals surface area contributed by atoms with Gasteiger partial charge in [0.2, 0.25) is 5.88 Å². The highest BCUT2D eigenvalue weighted by Gasteiger charge is 2.29. The predicted octanol–water partition coefficient (Wildman–Crippen LogP) is 2.41. The molecule has 0 aromatic carbocycles. The summed E-state index contributed by atoms with van der Waals surface area (Å²) in [7, 11) is 0. The Labute approximate surface area is 166 Å². The molecule has 1 aliphatic rings. The van der Waals surface area contributed by atoms with E-state index in [1.807, 2.05) is 22.8 Å². The van der Waals surface area contributed by atoms with Crippen molar-refractivity contribution >= 4 is 22.1 Å². The lowest BCUT2D eigenvalue weighted by Gasteiger charge is -2.11. The summed E-state index contributed by atoms with van der Waals surface area (Å²) in [5.74, 6) is -0.0248. The largest absolute Gasteiger partial charge is 0.493 e. The zero-order chi connectivity index (χ0) is 20.0. The highest BCUT2D eigenvalue weighted by Crippen LogP contribution is 2.36. The minimum atomic E-state index is -0.0248. The van der Waals surface area contributed by atoms with Gasteiger partial charge in [-0.25, -0.2) is 9.78 Å². The Morgan fingerprint density at radius 1 is 1.07 bits per heavy atom. The van der Waals surface area contributed by atoms with Crippen LogP contribution < -0.4 is 5.69 Å². The summed E-state index contributed by atoms with van der Waals surface area (Å²) in [5, 5.41) is 18.9. The minimum absolute atomic E-state index is 0.0153. The Morgan fingerprint density at radius 2 is 1.93 bits per heavy atom. The van der Waals surface area contributed by atoms with Gasteiger partial charge in [-0.1, -0.05) is 0 Å². The van der Waals surface area contributed by atoms with Crippen LogP contribution in [0.2, 0.25) is 0 Å². The number of nitrogens with zero attached hydrogens (tertiary/aromatic N) is 5. The van der Waals surface area contributed by atoms with Gasteiger partial charge in [0.15, 0.2) is 0 Å². The lowest BCUT2D eigenvalue weighted by molar-refractivity contribution is 0.281. The zero-order valence-electron chi connectivity index (χ0n) is 16.0. The lowest BCUT2D eigenvalue weighted by Crippen LogP contribution is -2.25. The average Bonchev–Trinajstić information content (AvgIpc) is 3.44. The topological polar surface area (TPSA) is 98.1 Å². The Kier molecular flexibility index (Phi) is 4.35. The highest BCUT2D eigenvalue weighted by atomic mass is 16.3. The minimum Gasteiger partial charge on any atom is -0.493 e. The van der Waals surface area contributed by atoms with E-state index in [9.17, 15) is 9.90 Å². The van der Waals surface area contributed by atoms with E-state index >= 15 is 0 Å². The first-order valence-corrected chi connectivity index (χ1v) is 10.0.